The summed E-state index contributed by atoms with van der Waals surface area (Å²) in [6.45, 7) is 1.62. The van der Waals surface area contributed by atoms with Gasteiger partial charge in [0.05, 0.1) is 12.0 Å². The van der Waals surface area contributed by atoms with E-state index in [1.165, 1.54) is 11.8 Å². The summed E-state index contributed by atoms with van der Waals surface area (Å²) in [5.41, 5.74) is 5.35. The lowest BCUT2D eigenvalue weighted by atomic mass is 9.97. The molecule has 0 saturated carbocycles. The van der Waals surface area contributed by atoms with Crippen LogP contribution in [0.2, 0.25) is 0 Å². The van der Waals surface area contributed by atoms with Gasteiger partial charge in [-0.25, -0.2) is 0 Å². The van der Waals surface area contributed by atoms with Crippen LogP contribution in [0.3, 0.4) is 0 Å². The first kappa shape index (κ1) is 15.5. The number of nitrogens with two attached hydrogens (primary N) is 1. The van der Waals surface area contributed by atoms with Gasteiger partial charge in [-0.05, 0) is 19.8 Å². The van der Waals surface area contributed by atoms with Gasteiger partial charge in [0.2, 0.25) is 5.91 Å². The molecule has 1 saturated heterocycles. The van der Waals surface area contributed by atoms with Crippen molar-refractivity contribution in [3.63, 3.8) is 0 Å². The van der Waals surface area contributed by atoms with Gasteiger partial charge in [0.25, 0.3) is 0 Å². The number of halogens is 4. The maximum Gasteiger partial charge on any atom is 0.393 e. The second-order valence-electron chi connectivity index (χ2n) is 3.95. The second-order valence-corrected chi connectivity index (χ2v) is 3.95. The Morgan fingerprint density at radius 3 is 2.50 bits per heavy atom. The van der Waals surface area contributed by atoms with Gasteiger partial charge in [0, 0.05) is 13.1 Å². The van der Waals surface area contributed by atoms with Crippen LogP contribution in [0, 0.1) is 5.92 Å². The minimum absolute atomic E-state index is 0. The molecule has 1 heterocycles. The molecule has 1 unspecified atom stereocenters. The van der Waals surface area contributed by atoms with Gasteiger partial charge in [0.1, 0.15) is 0 Å². The Morgan fingerprint density at radius 1 is 1.50 bits per heavy atom. The molecular formula is C9H16ClF3N2O. The van der Waals surface area contributed by atoms with E-state index in [9.17, 15) is 18.0 Å². The van der Waals surface area contributed by atoms with Crippen LogP contribution in [0.1, 0.15) is 19.8 Å². The van der Waals surface area contributed by atoms with E-state index >= 15 is 0 Å². The number of nitrogens with zero attached hydrogens (tertiary/aromatic N) is 1. The van der Waals surface area contributed by atoms with Crippen LogP contribution in [0.25, 0.3) is 0 Å². The Hall–Kier alpha value is -0.490. The third kappa shape index (κ3) is 3.83. The number of piperidine rings is 1. The molecule has 1 fully saturated rings. The first-order valence-corrected chi connectivity index (χ1v) is 4.93. The molecule has 0 spiro atoms. The van der Waals surface area contributed by atoms with Crippen molar-refractivity contribution in [2.24, 2.45) is 11.7 Å². The highest BCUT2D eigenvalue weighted by atomic mass is 35.5. The molecule has 7 heteroatoms. The highest BCUT2D eigenvalue weighted by molar-refractivity contribution is 5.85. The Kier molecular flexibility index (Phi) is 5.55. The maximum absolute atomic E-state index is 12.4. The quantitative estimate of drug-likeness (QED) is 0.778. The summed E-state index contributed by atoms with van der Waals surface area (Å²) in [5, 5.41) is 0. The highest BCUT2D eigenvalue weighted by Gasteiger charge is 2.42. The molecule has 1 aliphatic heterocycles. The second kappa shape index (κ2) is 5.72. The first-order valence-electron chi connectivity index (χ1n) is 4.93. The predicted molar refractivity (Wildman–Crippen MR) is 56.3 cm³/mol. The number of likely N-dealkylation sites (tertiary alicyclic amines) is 1. The van der Waals surface area contributed by atoms with Crippen LogP contribution in [0.15, 0.2) is 0 Å². The minimum atomic E-state index is -4.21. The van der Waals surface area contributed by atoms with Crippen molar-refractivity contribution in [3.05, 3.63) is 0 Å². The van der Waals surface area contributed by atoms with Gasteiger partial charge in [0.15, 0.2) is 0 Å². The summed E-state index contributed by atoms with van der Waals surface area (Å²) in [6.07, 6.45) is -3.72. The van der Waals surface area contributed by atoms with Crippen molar-refractivity contribution in [3.8, 4) is 0 Å². The third-order valence-electron chi connectivity index (χ3n) is 2.59. The number of rotatable bonds is 1. The zero-order valence-corrected chi connectivity index (χ0v) is 9.77. The molecule has 0 aromatic rings. The van der Waals surface area contributed by atoms with Gasteiger partial charge >= 0.3 is 6.18 Å². The van der Waals surface area contributed by atoms with Gasteiger partial charge in [-0.15, -0.1) is 12.4 Å². The van der Waals surface area contributed by atoms with E-state index in [0.29, 0.717) is 13.0 Å². The van der Waals surface area contributed by atoms with Crippen LogP contribution >= 0.6 is 12.4 Å². The largest absolute Gasteiger partial charge is 0.393 e. The Labute approximate surface area is 98.6 Å². The van der Waals surface area contributed by atoms with Crippen molar-refractivity contribution < 1.29 is 18.0 Å². The number of alkyl halides is 3. The van der Waals surface area contributed by atoms with Crippen molar-refractivity contribution in [1.29, 1.82) is 0 Å². The molecule has 3 nitrogen and oxygen atoms in total. The van der Waals surface area contributed by atoms with Crippen molar-refractivity contribution in [2.45, 2.75) is 32.0 Å². The lowest BCUT2D eigenvalue weighted by molar-refractivity contribution is -0.188. The fraction of sp³-hybridized carbons (Fsp3) is 0.889. The zero-order valence-electron chi connectivity index (χ0n) is 8.96. The first-order chi connectivity index (χ1) is 6.82. The fourth-order valence-corrected chi connectivity index (χ4v) is 1.73. The van der Waals surface area contributed by atoms with Crippen molar-refractivity contribution >= 4 is 18.3 Å². The monoisotopic (exact) mass is 260 g/mol. The van der Waals surface area contributed by atoms with Gasteiger partial charge in [-0.3, -0.25) is 4.79 Å². The molecule has 1 rings (SSSR count). The Bertz CT molecular complexity index is 245. The highest BCUT2D eigenvalue weighted by Crippen LogP contribution is 2.33. The topological polar surface area (TPSA) is 46.3 Å². The molecule has 96 valence electrons. The van der Waals surface area contributed by atoms with Crippen LogP contribution in [-0.2, 0) is 4.79 Å². The van der Waals surface area contributed by atoms with Gasteiger partial charge in [-0.1, -0.05) is 0 Å². The summed E-state index contributed by atoms with van der Waals surface area (Å²) in [6, 6.07) is -0.725. The van der Waals surface area contributed by atoms with E-state index in [1.54, 1.807) is 0 Å². The molecule has 0 aromatic heterocycles. The smallest absolute Gasteiger partial charge is 0.341 e. The van der Waals surface area contributed by atoms with Crippen LogP contribution < -0.4 is 5.73 Å². The molecular weight excluding hydrogens is 245 g/mol. The molecule has 16 heavy (non-hydrogen) atoms. The van der Waals surface area contributed by atoms with E-state index in [2.05, 4.69) is 0 Å². The number of carbonyl (C=O) groups excluding carboxylic acids is 1. The van der Waals surface area contributed by atoms with Crippen LogP contribution in [-0.4, -0.2) is 36.1 Å². The van der Waals surface area contributed by atoms with E-state index in [4.69, 9.17) is 5.73 Å². The SMILES string of the molecule is C[C@@H](N)C(=O)N1CCCC(C(F)(F)F)C1.Cl. The van der Waals surface area contributed by atoms with E-state index in [1.807, 2.05) is 0 Å². The summed E-state index contributed by atoms with van der Waals surface area (Å²) in [7, 11) is 0. The molecule has 0 aromatic carbocycles. The summed E-state index contributed by atoms with van der Waals surface area (Å²) in [5.74, 6) is -1.79. The number of hydrogen-bond acceptors (Lipinski definition) is 2. The maximum atomic E-state index is 12.4. The number of hydrogen-bond donors (Lipinski definition) is 1. The average molecular weight is 261 g/mol. The zero-order chi connectivity index (χ0) is 11.6. The molecule has 0 radical (unpaired) electrons. The Balaban J connectivity index is 0.00000225. The fourth-order valence-electron chi connectivity index (χ4n) is 1.73. The van der Waals surface area contributed by atoms with Gasteiger partial charge in [-0.2, -0.15) is 13.2 Å². The van der Waals surface area contributed by atoms with Crippen molar-refractivity contribution in [2.75, 3.05) is 13.1 Å². The van der Waals surface area contributed by atoms with Crippen molar-refractivity contribution in [1.82, 2.24) is 4.90 Å². The molecule has 0 bridgehead atoms. The number of amides is 1. The minimum Gasteiger partial charge on any atom is -0.341 e. The van der Waals surface area contributed by atoms with Crippen LogP contribution in [0.5, 0.6) is 0 Å². The lowest BCUT2D eigenvalue weighted by Gasteiger charge is -2.34. The van der Waals surface area contributed by atoms with Gasteiger partial charge < -0.3 is 10.6 Å². The summed E-state index contributed by atoms with van der Waals surface area (Å²) >= 11 is 0. The standard InChI is InChI=1S/C9H15F3N2O.ClH/c1-6(13)8(15)14-4-2-3-7(5-14)9(10,11)12;/h6-7H,2-5,13H2,1H3;1H/t6-,7?;/m1./s1. The Morgan fingerprint density at radius 2 is 2.06 bits per heavy atom. The molecule has 1 aliphatic rings. The molecule has 0 aliphatic carbocycles. The van der Waals surface area contributed by atoms with Crippen LogP contribution in [0.4, 0.5) is 13.2 Å². The lowest BCUT2D eigenvalue weighted by Crippen LogP contribution is -2.49. The predicted octanol–water partition coefficient (Wildman–Crippen LogP) is 1.56. The summed E-state index contributed by atoms with van der Waals surface area (Å²) < 4.78 is 37.2. The molecule has 2 atom stereocenters. The molecule has 1 amide bonds. The molecule has 2 N–H and O–H groups in total. The number of carbonyl (C=O) groups is 1. The van der Waals surface area contributed by atoms with E-state index < -0.39 is 24.0 Å². The van der Waals surface area contributed by atoms with E-state index in [-0.39, 0.29) is 25.4 Å². The normalized spacial score (nSPS) is 23.6. The summed E-state index contributed by atoms with van der Waals surface area (Å²) in [4.78, 5) is 12.6. The average Bonchev–Trinajstić information content (AvgIpc) is 2.15. The third-order valence-corrected chi connectivity index (χ3v) is 2.59. The van der Waals surface area contributed by atoms with E-state index in [0.717, 1.165) is 0 Å².